The first-order valence-electron chi connectivity index (χ1n) is 10.1. The summed E-state index contributed by atoms with van der Waals surface area (Å²) >= 11 is 0. The van der Waals surface area contributed by atoms with Crippen LogP contribution in [0.15, 0.2) is 71.8 Å². The van der Waals surface area contributed by atoms with E-state index in [0.717, 1.165) is 22.3 Å². The Morgan fingerprint density at radius 1 is 0.969 bits per heavy atom. The van der Waals surface area contributed by atoms with Crippen molar-refractivity contribution in [3.8, 4) is 5.75 Å². The molecule has 0 bridgehead atoms. The van der Waals surface area contributed by atoms with Gasteiger partial charge in [0.15, 0.2) is 0 Å². The zero-order valence-electron chi connectivity index (χ0n) is 17.9. The van der Waals surface area contributed by atoms with Crippen molar-refractivity contribution >= 4 is 23.7 Å². The van der Waals surface area contributed by atoms with Crippen LogP contribution in [-0.4, -0.2) is 18.0 Å². The summed E-state index contributed by atoms with van der Waals surface area (Å²) in [5.41, 5.74) is 6.67. The highest BCUT2D eigenvalue weighted by Crippen LogP contribution is 2.16. The van der Waals surface area contributed by atoms with Gasteiger partial charge in [0.05, 0.1) is 6.21 Å². The Labute approximate surface area is 186 Å². The summed E-state index contributed by atoms with van der Waals surface area (Å²) in [5, 5.41) is 6.61. The second-order valence-electron chi connectivity index (χ2n) is 7.32. The highest BCUT2D eigenvalue weighted by atomic mass is 19.1. The first kappa shape index (κ1) is 22.7. The van der Waals surface area contributed by atoms with Crippen LogP contribution in [0.2, 0.25) is 0 Å². The van der Waals surface area contributed by atoms with Crippen LogP contribution in [0.4, 0.5) is 10.1 Å². The molecule has 0 aliphatic heterocycles. The molecule has 7 heteroatoms. The molecule has 6 nitrogen and oxygen atoms in total. The largest absolute Gasteiger partial charge is 0.489 e. The smallest absolute Gasteiger partial charge is 0.249 e. The Balaban J connectivity index is 1.43. The van der Waals surface area contributed by atoms with E-state index < -0.39 is 11.8 Å². The topological polar surface area (TPSA) is 79.8 Å². The zero-order valence-corrected chi connectivity index (χ0v) is 17.9. The number of aryl methyl sites for hydroxylation is 2. The van der Waals surface area contributed by atoms with Crippen molar-refractivity contribution in [3.63, 3.8) is 0 Å². The quantitative estimate of drug-likeness (QED) is 0.312. The van der Waals surface area contributed by atoms with E-state index in [1.165, 1.54) is 18.3 Å². The van der Waals surface area contributed by atoms with Gasteiger partial charge in [-0.25, -0.2) is 9.82 Å². The predicted molar refractivity (Wildman–Crippen MR) is 122 cm³/mol. The van der Waals surface area contributed by atoms with Crippen LogP contribution in [0.3, 0.4) is 0 Å². The molecule has 3 rings (SSSR count). The molecule has 0 aliphatic rings. The number of carbonyl (C=O) groups is 2. The molecule has 3 aromatic carbocycles. The number of carbonyl (C=O) groups excluding carboxylic acids is 2. The molecule has 0 unspecified atom stereocenters. The maximum absolute atomic E-state index is 12.9. The van der Waals surface area contributed by atoms with E-state index in [4.69, 9.17) is 4.74 Å². The lowest BCUT2D eigenvalue weighted by Gasteiger charge is -2.08. The van der Waals surface area contributed by atoms with Gasteiger partial charge in [0.1, 0.15) is 24.6 Å². The molecule has 32 heavy (non-hydrogen) atoms. The third-order valence-corrected chi connectivity index (χ3v) is 4.58. The highest BCUT2D eigenvalue weighted by molar-refractivity contribution is 6.04. The van der Waals surface area contributed by atoms with Gasteiger partial charge in [0.25, 0.3) is 0 Å². The minimum atomic E-state index is -0.511. The van der Waals surface area contributed by atoms with Crippen LogP contribution in [0.5, 0.6) is 5.75 Å². The lowest BCUT2D eigenvalue weighted by atomic mass is 10.1. The SMILES string of the molecule is Cc1ccc(NC(=O)CC(=O)NN=Cc2ccc(OCc3ccc(F)cc3)cc2)c(C)c1. The number of hydrogen-bond acceptors (Lipinski definition) is 4. The number of hydrazone groups is 1. The number of anilines is 1. The third-order valence-electron chi connectivity index (χ3n) is 4.58. The Hall–Kier alpha value is -4.00. The van der Waals surface area contributed by atoms with Gasteiger partial charge in [-0.2, -0.15) is 5.10 Å². The standard InChI is InChI=1S/C25H24FN3O3/c1-17-3-12-23(18(2)13-17)28-24(30)14-25(31)29-27-15-19-6-10-22(11-7-19)32-16-20-4-8-21(26)9-5-20/h3-13,15H,14,16H2,1-2H3,(H,28,30)(H,29,31). The number of amides is 2. The van der Waals surface area contributed by atoms with Gasteiger partial charge >= 0.3 is 0 Å². The molecule has 0 radical (unpaired) electrons. The fraction of sp³-hybridized carbons (Fsp3) is 0.160. The minimum absolute atomic E-state index is 0.286. The molecular weight excluding hydrogens is 409 g/mol. The van der Waals surface area contributed by atoms with Crippen molar-refractivity contribution in [2.45, 2.75) is 26.9 Å². The normalized spacial score (nSPS) is 10.7. The molecule has 0 atom stereocenters. The van der Waals surface area contributed by atoms with Gasteiger partial charge < -0.3 is 10.1 Å². The molecule has 0 aliphatic carbocycles. The molecule has 0 fully saturated rings. The summed E-state index contributed by atoms with van der Waals surface area (Å²) in [7, 11) is 0. The Kier molecular flexibility index (Phi) is 7.70. The highest BCUT2D eigenvalue weighted by Gasteiger charge is 2.10. The molecule has 2 amide bonds. The van der Waals surface area contributed by atoms with Crippen LogP contribution in [0.1, 0.15) is 28.7 Å². The van der Waals surface area contributed by atoms with E-state index in [9.17, 15) is 14.0 Å². The fourth-order valence-electron chi connectivity index (χ4n) is 2.91. The lowest BCUT2D eigenvalue weighted by Crippen LogP contribution is -2.24. The van der Waals surface area contributed by atoms with Gasteiger partial charge in [-0.15, -0.1) is 0 Å². The number of halogens is 1. The maximum Gasteiger partial charge on any atom is 0.249 e. The average molecular weight is 433 g/mol. The lowest BCUT2D eigenvalue weighted by molar-refractivity contribution is -0.126. The summed E-state index contributed by atoms with van der Waals surface area (Å²) in [4.78, 5) is 24.0. The van der Waals surface area contributed by atoms with Crippen molar-refractivity contribution in [2.75, 3.05) is 5.32 Å². The number of benzene rings is 3. The van der Waals surface area contributed by atoms with E-state index in [-0.39, 0.29) is 12.2 Å². The second kappa shape index (κ2) is 10.9. The molecule has 3 aromatic rings. The van der Waals surface area contributed by atoms with Crippen molar-refractivity contribution in [2.24, 2.45) is 5.10 Å². The average Bonchev–Trinajstić information content (AvgIpc) is 2.76. The number of rotatable bonds is 8. The summed E-state index contributed by atoms with van der Waals surface area (Å²) < 4.78 is 18.6. The Morgan fingerprint density at radius 2 is 1.69 bits per heavy atom. The van der Waals surface area contributed by atoms with Crippen LogP contribution < -0.4 is 15.5 Å². The van der Waals surface area contributed by atoms with E-state index in [1.54, 1.807) is 36.4 Å². The van der Waals surface area contributed by atoms with Gasteiger partial charge in [-0.3, -0.25) is 9.59 Å². The summed E-state index contributed by atoms with van der Waals surface area (Å²) in [6.45, 7) is 4.19. The van der Waals surface area contributed by atoms with Gasteiger partial charge in [0, 0.05) is 5.69 Å². The minimum Gasteiger partial charge on any atom is -0.489 e. The predicted octanol–water partition coefficient (Wildman–Crippen LogP) is 4.50. The van der Waals surface area contributed by atoms with Gasteiger partial charge in [-0.1, -0.05) is 29.8 Å². The van der Waals surface area contributed by atoms with E-state index >= 15 is 0 Å². The zero-order chi connectivity index (χ0) is 22.9. The number of ether oxygens (including phenoxy) is 1. The first-order chi connectivity index (χ1) is 15.4. The second-order valence-corrected chi connectivity index (χ2v) is 7.32. The van der Waals surface area contributed by atoms with Gasteiger partial charge in [0.2, 0.25) is 11.8 Å². The van der Waals surface area contributed by atoms with E-state index in [2.05, 4.69) is 15.8 Å². The van der Waals surface area contributed by atoms with E-state index in [1.807, 2.05) is 32.0 Å². The van der Waals surface area contributed by atoms with Crippen LogP contribution in [0.25, 0.3) is 0 Å². The Bertz CT molecular complexity index is 1110. The van der Waals surface area contributed by atoms with Crippen LogP contribution in [-0.2, 0) is 16.2 Å². The molecular formula is C25H24FN3O3. The molecule has 164 valence electrons. The van der Waals surface area contributed by atoms with Gasteiger partial charge in [-0.05, 0) is 73.0 Å². The summed E-state index contributed by atoms with van der Waals surface area (Å²) in [6.07, 6.45) is 1.14. The molecule has 2 N–H and O–H groups in total. The van der Waals surface area contributed by atoms with E-state index in [0.29, 0.717) is 18.0 Å². The summed E-state index contributed by atoms with van der Waals surface area (Å²) in [5.74, 6) is -0.555. The molecule has 0 saturated carbocycles. The van der Waals surface area contributed by atoms with Crippen molar-refractivity contribution in [1.29, 1.82) is 0 Å². The van der Waals surface area contributed by atoms with Crippen molar-refractivity contribution < 1.29 is 18.7 Å². The van der Waals surface area contributed by atoms with Crippen molar-refractivity contribution in [1.82, 2.24) is 5.43 Å². The number of hydrogen-bond donors (Lipinski definition) is 2. The Morgan fingerprint density at radius 3 is 2.38 bits per heavy atom. The maximum atomic E-state index is 12.9. The molecule has 0 saturated heterocycles. The fourth-order valence-corrected chi connectivity index (χ4v) is 2.91. The molecule has 0 heterocycles. The number of nitrogens with zero attached hydrogens (tertiary/aromatic N) is 1. The molecule has 0 spiro atoms. The third kappa shape index (κ3) is 7.05. The first-order valence-corrected chi connectivity index (χ1v) is 10.1. The molecule has 0 aromatic heterocycles. The number of nitrogens with one attached hydrogen (secondary N) is 2. The van der Waals surface area contributed by atoms with Crippen LogP contribution >= 0.6 is 0 Å². The monoisotopic (exact) mass is 433 g/mol. The summed E-state index contributed by atoms with van der Waals surface area (Å²) in [6, 6.07) is 18.9. The van der Waals surface area contributed by atoms with Crippen LogP contribution in [0, 0.1) is 19.7 Å². The van der Waals surface area contributed by atoms with Crippen molar-refractivity contribution in [3.05, 3.63) is 94.8 Å².